The minimum Gasteiger partial charge on any atom is -0.478 e. The Morgan fingerprint density at radius 2 is 2.19 bits per heavy atom. The molecule has 21 heavy (non-hydrogen) atoms. The third-order valence-corrected chi connectivity index (χ3v) is 5.04. The number of carboxylic acids is 1. The van der Waals surface area contributed by atoms with Crippen LogP contribution in [0.1, 0.15) is 17.3 Å². The Balaban J connectivity index is 2.33. The van der Waals surface area contributed by atoms with Crippen molar-refractivity contribution in [2.45, 2.75) is 18.4 Å². The molecule has 1 aromatic carbocycles. The number of carbonyl (C=O) groups is 1. The second-order valence-electron chi connectivity index (χ2n) is 4.14. The molecule has 0 aliphatic carbocycles. The summed E-state index contributed by atoms with van der Waals surface area (Å²) in [6.45, 7) is 2.51. The summed E-state index contributed by atoms with van der Waals surface area (Å²) in [6, 6.07) is 3.71. The number of aromatic nitrogens is 2. The Hall–Kier alpha value is -1.87. The van der Waals surface area contributed by atoms with Gasteiger partial charge in [0, 0.05) is 17.2 Å². The molecule has 2 N–H and O–H groups in total. The van der Waals surface area contributed by atoms with Crippen molar-refractivity contribution >= 4 is 37.6 Å². The Kier molecular flexibility index (Phi) is 4.33. The number of benzene rings is 1. The van der Waals surface area contributed by atoms with Gasteiger partial charge in [0.05, 0.1) is 17.4 Å². The van der Waals surface area contributed by atoms with Gasteiger partial charge in [0.25, 0.3) is 10.0 Å². The second-order valence-corrected chi connectivity index (χ2v) is 6.65. The van der Waals surface area contributed by atoms with Crippen LogP contribution >= 0.6 is 15.9 Å². The van der Waals surface area contributed by atoms with Crippen LogP contribution in [0.4, 0.5) is 5.69 Å². The molecule has 0 unspecified atom stereocenters. The zero-order valence-electron chi connectivity index (χ0n) is 10.9. The second kappa shape index (κ2) is 5.86. The summed E-state index contributed by atoms with van der Waals surface area (Å²) in [7, 11) is -3.82. The number of aryl methyl sites for hydroxylation is 1. The van der Waals surface area contributed by atoms with E-state index in [9.17, 15) is 13.2 Å². The molecule has 2 aromatic rings. The van der Waals surface area contributed by atoms with Crippen molar-refractivity contribution in [3.05, 3.63) is 40.6 Å². The van der Waals surface area contributed by atoms with Gasteiger partial charge in [-0.3, -0.25) is 9.40 Å². The Labute approximate surface area is 129 Å². The predicted molar refractivity (Wildman–Crippen MR) is 79.8 cm³/mol. The van der Waals surface area contributed by atoms with E-state index in [-0.39, 0.29) is 14.9 Å². The molecule has 0 aliphatic heterocycles. The summed E-state index contributed by atoms with van der Waals surface area (Å²) >= 11 is 3.08. The first-order chi connectivity index (χ1) is 9.83. The number of aromatic carboxylic acids is 1. The fraction of sp³-hybridized carbons (Fsp3) is 0.167. The number of carboxylic acid groups (broad SMARTS) is 1. The normalized spacial score (nSPS) is 11.3. The molecule has 0 amide bonds. The summed E-state index contributed by atoms with van der Waals surface area (Å²) < 4.78 is 28.7. The maximum Gasteiger partial charge on any atom is 0.335 e. The Morgan fingerprint density at radius 1 is 1.48 bits per heavy atom. The standard InChI is InChI=1S/C12H12BrN3O4S/c1-2-16-7-9(6-14-16)15-21(19,20)11-4-3-8(12(17)18)5-10(11)13/h3-7,15H,2H2,1H3,(H,17,18). The average Bonchev–Trinajstić information content (AvgIpc) is 2.85. The number of nitrogens with one attached hydrogen (secondary N) is 1. The fourth-order valence-corrected chi connectivity index (χ4v) is 3.76. The SMILES string of the molecule is CCn1cc(NS(=O)(=O)c2ccc(C(=O)O)cc2Br)cn1. The van der Waals surface area contributed by atoms with Gasteiger partial charge >= 0.3 is 5.97 Å². The minimum atomic E-state index is -3.82. The van der Waals surface area contributed by atoms with Gasteiger partial charge in [0.1, 0.15) is 4.90 Å². The lowest BCUT2D eigenvalue weighted by atomic mass is 10.2. The highest BCUT2D eigenvalue weighted by Gasteiger charge is 2.19. The van der Waals surface area contributed by atoms with Gasteiger partial charge in [-0.25, -0.2) is 13.2 Å². The van der Waals surface area contributed by atoms with Crippen molar-refractivity contribution in [3.8, 4) is 0 Å². The summed E-state index contributed by atoms with van der Waals surface area (Å²) in [4.78, 5) is 10.8. The highest BCUT2D eigenvalue weighted by molar-refractivity contribution is 9.10. The van der Waals surface area contributed by atoms with Gasteiger partial charge in [-0.2, -0.15) is 5.10 Å². The predicted octanol–water partition coefficient (Wildman–Crippen LogP) is 2.16. The first-order valence-corrected chi connectivity index (χ1v) is 8.19. The van der Waals surface area contributed by atoms with E-state index in [0.717, 1.165) is 0 Å². The Morgan fingerprint density at radius 3 is 2.71 bits per heavy atom. The van der Waals surface area contributed by atoms with Gasteiger partial charge in [0.2, 0.25) is 0 Å². The van der Waals surface area contributed by atoms with Crippen LogP contribution in [0, 0.1) is 0 Å². The van der Waals surface area contributed by atoms with Gasteiger partial charge in [0.15, 0.2) is 0 Å². The zero-order chi connectivity index (χ0) is 15.6. The minimum absolute atomic E-state index is 0.000345. The molecular formula is C12H12BrN3O4S. The Bertz CT molecular complexity index is 786. The molecule has 0 saturated carbocycles. The average molecular weight is 374 g/mol. The van der Waals surface area contributed by atoms with Gasteiger partial charge in [-0.15, -0.1) is 0 Å². The molecule has 112 valence electrons. The van der Waals surface area contributed by atoms with Crippen molar-refractivity contribution in [3.63, 3.8) is 0 Å². The van der Waals surface area contributed by atoms with E-state index in [1.165, 1.54) is 24.4 Å². The van der Waals surface area contributed by atoms with Crippen LogP contribution in [-0.4, -0.2) is 29.3 Å². The van der Waals surface area contributed by atoms with E-state index >= 15 is 0 Å². The third kappa shape index (κ3) is 3.42. The van der Waals surface area contributed by atoms with E-state index in [1.54, 1.807) is 10.9 Å². The molecule has 1 heterocycles. The molecule has 7 nitrogen and oxygen atoms in total. The molecule has 0 bridgehead atoms. The van der Waals surface area contributed by atoms with Gasteiger partial charge in [-0.05, 0) is 41.1 Å². The summed E-state index contributed by atoms with van der Waals surface area (Å²) in [5, 5.41) is 12.8. The quantitative estimate of drug-likeness (QED) is 0.835. The topological polar surface area (TPSA) is 101 Å². The summed E-state index contributed by atoms with van der Waals surface area (Å²) in [6.07, 6.45) is 2.97. The molecule has 9 heteroatoms. The smallest absolute Gasteiger partial charge is 0.335 e. The highest BCUT2D eigenvalue weighted by atomic mass is 79.9. The summed E-state index contributed by atoms with van der Waals surface area (Å²) in [5.41, 5.74) is 0.339. The molecule has 0 atom stereocenters. The van der Waals surface area contributed by atoms with Crippen LogP contribution in [0.2, 0.25) is 0 Å². The van der Waals surface area contributed by atoms with E-state index in [0.29, 0.717) is 12.2 Å². The maximum atomic E-state index is 12.3. The third-order valence-electron chi connectivity index (χ3n) is 2.68. The van der Waals surface area contributed by atoms with E-state index in [2.05, 4.69) is 25.8 Å². The van der Waals surface area contributed by atoms with Crippen molar-refractivity contribution in [2.24, 2.45) is 0 Å². The lowest BCUT2D eigenvalue weighted by molar-refractivity contribution is 0.0696. The van der Waals surface area contributed by atoms with Crippen LogP contribution in [0.3, 0.4) is 0 Å². The molecule has 0 spiro atoms. The largest absolute Gasteiger partial charge is 0.478 e. The molecule has 2 rings (SSSR count). The van der Waals surface area contributed by atoms with Crippen LogP contribution in [0.25, 0.3) is 0 Å². The zero-order valence-corrected chi connectivity index (χ0v) is 13.3. The maximum absolute atomic E-state index is 12.3. The lowest BCUT2D eigenvalue weighted by Crippen LogP contribution is -2.13. The first kappa shape index (κ1) is 15.5. The van der Waals surface area contributed by atoms with Crippen LogP contribution in [0.5, 0.6) is 0 Å². The molecule has 0 aliphatic rings. The fourth-order valence-electron chi connectivity index (χ4n) is 1.65. The lowest BCUT2D eigenvalue weighted by Gasteiger charge is -2.08. The van der Waals surface area contributed by atoms with Gasteiger partial charge < -0.3 is 5.11 Å². The monoisotopic (exact) mass is 373 g/mol. The number of halogens is 1. The van der Waals surface area contributed by atoms with Crippen molar-refractivity contribution in [1.82, 2.24) is 9.78 Å². The molecule has 1 aromatic heterocycles. The van der Waals surface area contributed by atoms with Crippen molar-refractivity contribution < 1.29 is 18.3 Å². The van der Waals surface area contributed by atoms with E-state index in [1.807, 2.05) is 6.92 Å². The van der Waals surface area contributed by atoms with E-state index < -0.39 is 16.0 Å². The number of rotatable bonds is 5. The molecular weight excluding hydrogens is 362 g/mol. The van der Waals surface area contributed by atoms with Gasteiger partial charge in [-0.1, -0.05) is 0 Å². The number of hydrogen-bond donors (Lipinski definition) is 2. The van der Waals surface area contributed by atoms with Crippen molar-refractivity contribution in [1.29, 1.82) is 0 Å². The molecule has 0 radical (unpaired) electrons. The first-order valence-electron chi connectivity index (χ1n) is 5.91. The van der Waals surface area contributed by atoms with Crippen LogP contribution in [0.15, 0.2) is 40.0 Å². The number of hydrogen-bond acceptors (Lipinski definition) is 4. The molecule has 0 fully saturated rings. The number of anilines is 1. The van der Waals surface area contributed by atoms with Crippen LogP contribution in [-0.2, 0) is 16.6 Å². The number of nitrogens with zero attached hydrogens (tertiary/aromatic N) is 2. The summed E-state index contributed by atoms with van der Waals surface area (Å²) in [5.74, 6) is -1.13. The number of sulfonamides is 1. The molecule has 0 saturated heterocycles. The van der Waals surface area contributed by atoms with Crippen LogP contribution < -0.4 is 4.72 Å². The van der Waals surface area contributed by atoms with Crippen molar-refractivity contribution in [2.75, 3.05) is 4.72 Å². The van der Waals surface area contributed by atoms with E-state index in [4.69, 9.17) is 5.11 Å². The highest BCUT2D eigenvalue weighted by Crippen LogP contribution is 2.25.